The standard InChI is InChI=1S/C26H22N6O2/c1-2-24(34)31-11-3-4-21(17-31)32-26-19(14-27)15-28-16-23(26)25(29-32)18-5-7-20(8-6-18)30-12-9-22(33)10-13-30/h2,5-10,12-13,15-16,21H,1,3-4,11,17H2/t21-/m1/s1. The van der Waals surface area contributed by atoms with Crippen molar-refractivity contribution < 1.29 is 4.79 Å². The van der Waals surface area contributed by atoms with E-state index in [9.17, 15) is 14.9 Å². The summed E-state index contributed by atoms with van der Waals surface area (Å²) < 4.78 is 3.76. The first-order valence-corrected chi connectivity index (χ1v) is 11.1. The number of benzene rings is 1. The summed E-state index contributed by atoms with van der Waals surface area (Å²) in [6.45, 7) is 4.81. The predicted octanol–water partition coefficient (Wildman–Crippen LogP) is 3.47. The third-order valence-corrected chi connectivity index (χ3v) is 6.20. The fourth-order valence-corrected chi connectivity index (χ4v) is 4.50. The van der Waals surface area contributed by atoms with E-state index in [1.54, 1.807) is 29.7 Å². The zero-order valence-corrected chi connectivity index (χ0v) is 18.5. The number of hydrogen-bond donors (Lipinski definition) is 0. The van der Waals surface area contributed by atoms with E-state index < -0.39 is 0 Å². The number of hydrogen-bond acceptors (Lipinski definition) is 5. The highest BCUT2D eigenvalue weighted by Gasteiger charge is 2.27. The molecule has 4 aromatic rings. The van der Waals surface area contributed by atoms with Crippen molar-refractivity contribution in [2.75, 3.05) is 13.1 Å². The van der Waals surface area contributed by atoms with Gasteiger partial charge in [0.1, 0.15) is 11.8 Å². The largest absolute Gasteiger partial charge is 0.337 e. The summed E-state index contributed by atoms with van der Waals surface area (Å²) in [7, 11) is 0. The van der Waals surface area contributed by atoms with Gasteiger partial charge in [0.25, 0.3) is 0 Å². The van der Waals surface area contributed by atoms with Crippen LogP contribution in [0.25, 0.3) is 27.8 Å². The lowest BCUT2D eigenvalue weighted by atomic mass is 10.0. The molecule has 1 atom stereocenters. The summed E-state index contributed by atoms with van der Waals surface area (Å²) in [5, 5.41) is 15.5. The molecule has 0 unspecified atom stereocenters. The van der Waals surface area contributed by atoms with Gasteiger partial charge in [-0.15, -0.1) is 0 Å². The zero-order valence-electron chi connectivity index (χ0n) is 18.5. The third-order valence-electron chi connectivity index (χ3n) is 6.20. The van der Waals surface area contributed by atoms with Crippen molar-refractivity contribution in [3.05, 3.63) is 89.6 Å². The van der Waals surface area contributed by atoms with Crippen LogP contribution in [0.2, 0.25) is 0 Å². The first kappa shape index (κ1) is 21.3. The molecule has 1 aliphatic rings. The summed E-state index contributed by atoms with van der Waals surface area (Å²) in [4.78, 5) is 29.7. The second-order valence-corrected chi connectivity index (χ2v) is 8.26. The summed E-state index contributed by atoms with van der Waals surface area (Å²) in [5.41, 5.74) is 3.68. The Morgan fingerprint density at radius 3 is 2.62 bits per heavy atom. The molecule has 0 bridgehead atoms. The molecule has 3 aromatic heterocycles. The topological polar surface area (TPSA) is 96.8 Å². The molecule has 4 heterocycles. The number of rotatable bonds is 4. The van der Waals surface area contributed by atoms with Crippen LogP contribution in [0.4, 0.5) is 0 Å². The molecular formula is C26H22N6O2. The number of piperidine rings is 1. The van der Waals surface area contributed by atoms with Crippen LogP contribution in [-0.2, 0) is 4.79 Å². The summed E-state index contributed by atoms with van der Waals surface area (Å²) in [6.07, 6.45) is 9.79. The second kappa shape index (κ2) is 8.79. The molecule has 0 N–H and O–H groups in total. The molecule has 1 fully saturated rings. The van der Waals surface area contributed by atoms with Gasteiger partial charge in [-0.2, -0.15) is 10.4 Å². The van der Waals surface area contributed by atoms with Crippen molar-refractivity contribution in [1.29, 1.82) is 5.26 Å². The number of carbonyl (C=O) groups is 1. The van der Waals surface area contributed by atoms with E-state index in [4.69, 9.17) is 5.10 Å². The van der Waals surface area contributed by atoms with Crippen LogP contribution in [0.3, 0.4) is 0 Å². The first-order valence-electron chi connectivity index (χ1n) is 11.1. The van der Waals surface area contributed by atoms with Gasteiger partial charge in [-0.1, -0.05) is 18.7 Å². The number of pyridine rings is 2. The van der Waals surface area contributed by atoms with Crippen LogP contribution in [0.5, 0.6) is 0 Å². The molecule has 0 radical (unpaired) electrons. The molecule has 34 heavy (non-hydrogen) atoms. The van der Waals surface area contributed by atoms with Gasteiger partial charge < -0.3 is 9.47 Å². The average Bonchev–Trinajstić information content (AvgIpc) is 3.29. The van der Waals surface area contributed by atoms with Crippen LogP contribution in [0, 0.1) is 11.3 Å². The van der Waals surface area contributed by atoms with E-state index in [2.05, 4.69) is 17.6 Å². The molecule has 168 valence electrons. The van der Waals surface area contributed by atoms with E-state index in [0.717, 1.165) is 40.7 Å². The van der Waals surface area contributed by atoms with E-state index in [-0.39, 0.29) is 17.4 Å². The summed E-state index contributed by atoms with van der Waals surface area (Å²) in [6, 6.07) is 13.1. The van der Waals surface area contributed by atoms with Crippen LogP contribution in [0.15, 0.2) is 78.6 Å². The second-order valence-electron chi connectivity index (χ2n) is 8.26. The van der Waals surface area contributed by atoms with Crippen LogP contribution in [0.1, 0.15) is 24.4 Å². The van der Waals surface area contributed by atoms with Crippen LogP contribution >= 0.6 is 0 Å². The SMILES string of the molecule is C=CC(=O)N1CCC[C@@H](n2nc(-c3ccc(-n4ccc(=O)cc4)cc3)c3cncc(C#N)c32)C1. The Labute approximate surface area is 196 Å². The van der Waals surface area contributed by atoms with Gasteiger partial charge in [0.2, 0.25) is 5.91 Å². The molecule has 8 heteroatoms. The number of nitriles is 1. The molecule has 1 aromatic carbocycles. The molecule has 5 rings (SSSR count). The molecule has 8 nitrogen and oxygen atoms in total. The lowest BCUT2D eigenvalue weighted by Crippen LogP contribution is -2.40. The Morgan fingerprint density at radius 1 is 1.15 bits per heavy atom. The monoisotopic (exact) mass is 450 g/mol. The van der Waals surface area contributed by atoms with Crippen molar-refractivity contribution in [3.63, 3.8) is 0 Å². The minimum Gasteiger partial charge on any atom is -0.337 e. The maximum Gasteiger partial charge on any atom is 0.246 e. The fourth-order valence-electron chi connectivity index (χ4n) is 4.50. The Kier molecular flexibility index (Phi) is 5.52. The van der Waals surface area contributed by atoms with Gasteiger partial charge in [-0.05, 0) is 31.1 Å². The van der Waals surface area contributed by atoms with E-state index in [0.29, 0.717) is 18.7 Å². The minimum atomic E-state index is -0.0957. The normalized spacial score (nSPS) is 15.7. The molecule has 1 saturated heterocycles. The predicted molar refractivity (Wildman–Crippen MR) is 128 cm³/mol. The van der Waals surface area contributed by atoms with E-state index in [1.807, 2.05) is 33.5 Å². The maximum atomic E-state index is 12.2. The number of amides is 1. The molecule has 0 spiro atoms. The highest BCUT2D eigenvalue weighted by molar-refractivity contribution is 5.95. The van der Waals surface area contributed by atoms with E-state index in [1.165, 1.54) is 18.2 Å². The number of aromatic nitrogens is 4. The van der Waals surface area contributed by atoms with Gasteiger partial charge in [-0.25, -0.2) is 0 Å². The Balaban J connectivity index is 1.58. The van der Waals surface area contributed by atoms with Crippen molar-refractivity contribution >= 4 is 16.8 Å². The van der Waals surface area contributed by atoms with Gasteiger partial charge in [-0.3, -0.25) is 19.3 Å². The molecule has 1 amide bonds. The summed E-state index contributed by atoms with van der Waals surface area (Å²) in [5.74, 6) is -0.0957. The highest BCUT2D eigenvalue weighted by atomic mass is 16.2. The average molecular weight is 451 g/mol. The Hall–Kier alpha value is -4.51. The van der Waals surface area contributed by atoms with Gasteiger partial charge in [0.15, 0.2) is 5.43 Å². The van der Waals surface area contributed by atoms with Crippen molar-refractivity contribution in [2.24, 2.45) is 0 Å². The lowest BCUT2D eigenvalue weighted by Gasteiger charge is -2.32. The van der Waals surface area contributed by atoms with Crippen molar-refractivity contribution in [2.45, 2.75) is 18.9 Å². The number of nitrogens with zero attached hydrogens (tertiary/aromatic N) is 6. The Bertz CT molecular complexity index is 1470. The molecule has 0 saturated carbocycles. The number of fused-ring (bicyclic) bond motifs is 1. The number of likely N-dealkylation sites (tertiary alicyclic amines) is 1. The van der Waals surface area contributed by atoms with Crippen LogP contribution < -0.4 is 5.43 Å². The van der Waals surface area contributed by atoms with Gasteiger partial charge >= 0.3 is 0 Å². The molecular weight excluding hydrogens is 428 g/mol. The van der Waals surface area contributed by atoms with Crippen molar-refractivity contribution in [3.8, 4) is 23.0 Å². The summed E-state index contributed by atoms with van der Waals surface area (Å²) >= 11 is 0. The van der Waals surface area contributed by atoms with Crippen LogP contribution in [-0.4, -0.2) is 43.2 Å². The molecule has 0 aliphatic carbocycles. The van der Waals surface area contributed by atoms with Gasteiger partial charge in [0.05, 0.1) is 17.1 Å². The lowest BCUT2D eigenvalue weighted by molar-refractivity contribution is -0.127. The molecule has 1 aliphatic heterocycles. The van der Waals surface area contributed by atoms with Crippen molar-refractivity contribution in [1.82, 2.24) is 24.2 Å². The first-order chi connectivity index (χ1) is 16.6. The maximum absolute atomic E-state index is 12.2. The number of carbonyl (C=O) groups excluding carboxylic acids is 1. The quantitative estimate of drug-likeness (QED) is 0.444. The fraction of sp³-hybridized carbons (Fsp3) is 0.192. The highest BCUT2D eigenvalue weighted by Crippen LogP contribution is 2.34. The Morgan fingerprint density at radius 2 is 1.91 bits per heavy atom. The van der Waals surface area contributed by atoms with Gasteiger partial charge in [0, 0.05) is 66.6 Å². The smallest absolute Gasteiger partial charge is 0.246 e. The van der Waals surface area contributed by atoms with E-state index >= 15 is 0 Å². The zero-order chi connectivity index (χ0) is 23.7. The third kappa shape index (κ3) is 3.77. The minimum absolute atomic E-state index is 0.0401.